The summed E-state index contributed by atoms with van der Waals surface area (Å²) in [5.41, 5.74) is 4.77. The van der Waals surface area contributed by atoms with Gasteiger partial charge in [-0.15, -0.1) is 9.24 Å². The lowest BCUT2D eigenvalue weighted by Gasteiger charge is -2.30. The van der Waals surface area contributed by atoms with Gasteiger partial charge in [0.05, 0.1) is 0 Å². The fourth-order valence-electron chi connectivity index (χ4n) is 2.25. The summed E-state index contributed by atoms with van der Waals surface area (Å²) in [4.78, 5) is 0. The van der Waals surface area contributed by atoms with Crippen LogP contribution in [0.1, 0.15) is 78.0 Å². The molecule has 1 atom stereocenters. The van der Waals surface area contributed by atoms with E-state index in [4.69, 9.17) is 0 Å². The third-order valence-electron chi connectivity index (χ3n) is 3.49. The second-order valence-electron chi connectivity index (χ2n) is 7.68. The topological polar surface area (TPSA) is 0 Å². The van der Waals surface area contributed by atoms with E-state index in [1.165, 1.54) is 22.0 Å². The van der Waals surface area contributed by atoms with Gasteiger partial charge in [0.25, 0.3) is 0 Å². The van der Waals surface area contributed by atoms with E-state index in [2.05, 4.69) is 76.8 Å². The lowest BCUT2D eigenvalue weighted by Crippen LogP contribution is -2.27. The molecule has 0 amide bonds. The number of benzene rings is 1. The van der Waals surface area contributed by atoms with Crippen LogP contribution in [0.25, 0.3) is 0 Å². The zero-order valence-corrected chi connectivity index (χ0v) is 14.5. The van der Waals surface area contributed by atoms with Crippen LogP contribution < -0.4 is 5.30 Å². The molecule has 1 aromatic carbocycles. The van der Waals surface area contributed by atoms with Crippen LogP contribution in [0.5, 0.6) is 0 Å². The predicted molar refractivity (Wildman–Crippen MR) is 87.3 cm³/mol. The lowest BCUT2D eigenvalue weighted by atomic mass is 9.78. The van der Waals surface area contributed by atoms with Crippen molar-refractivity contribution in [3.8, 4) is 0 Å². The van der Waals surface area contributed by atoms with E-state index in [0.717, 1.165) is 0 Å². The van der Waals surface area contributed by atoms with E-state index in [1.54, 1.807) is 0 Å². The zero-order valence-electron chi connectivity index (χ0n) is 13.3. The summed E-state index contributed by atoms with van der Waals surface area (Å²) in [7, 11) is 2.97. The van der Waals surface area contributed by atoms with Gasteiger partial charge in [-0.3, -0.25) is 0 Å². The van der Waals surface area contributed by atoms with Crippen LogP contribution in [0.15, 0.2) is 12.1 Å². The third-order valence-corrected chi connectivity index (χ3v) is 4.11. The second-order valence-corrected chi connectivity index (χ2v) is 8.26. The fourth-order valence-corrected chi connectivity index (χ4v) is 3.28. The maximum absolute atomic E-state index is 2.97. The molecule has 0 spiro atoms. The number of hydrogen-bond acceptors (Lipinski definition) is 0. The molecule has 1 rings (SSSR count). The van der Waals surface area contributed by atoms with Crippen molar-refractivity contribution >= 4 is 14.5 Å². The second kappa shape index (κ2) is 4.97. The molecule has 1 aromatic rings. The summed E-state index contributed by atoms with van der Waals surface area (Å²) >= 11 is 0. The average molecular weight is 264 g/mol. The minimum Gasteiger partial charge on any atom is -0.105 e. The van der Waals surface area contributed by atoms with Gasteiger partial charge in [-0.25, -0.2) is 0 Å². The monoisotopic (exact) mass is 264 g/mol. The summed E-state index contributed by atoms with van der Waals surface area (Å²) in [5.74, 6) is 0.581. The van der Waals surface area contributed by atoms with Crippen molar-refractivity contribution in [1.29, 1.82) is 0 Å². The van der Waals surface area contributed by atoms with Crippen molar-refractivity contribution in [3.05, 3.63) is 28.8 Å². The Bertz CT molecular complexity index is 393. The molecule has 0 aromatic heterocycles. The molecular formula is C17H29P. The van der Waals surface area contributed by atoms with Crippen molar-refractivity contribution in [2.24, 2.45) is 0 Å². The molecule has 0 aliphatic rings. The van der Waals surface area contributed by atoms with Crippen LogP contribution in [0.2, 0.25) is 0 Å². The maximum Gasteiger partial charge on any atom is -0.0126 e. The smallest absolute Gasteiger partial charge is 0.0126 e. The Kier molecular flexibility index (Phi) is 4.34. The first kappa shape index (κ1) is 15.7. The average Bonchev–Trinajstić information content (AvgIpc) is 2.13. The van der Waals surface area contributed by atoms with Crippen LogP contribution in [0, 0.1) is 0 Å². The summed E-state index contributed by atoms with van der Waals surface area (Å²) in [6.07, 6.45) is 0. The van der Waals surface area contributed by atoms with E-state index in [1.807, 2.05) is 0 Å². The summed E-state index contributed by atoms with van der Waals surface area (Å²) in [6, 6.07) is 4.78. The van der Waals surface area contributed by atoms with Gasteiger partial charge >= 0.3 is 0 Å². The third kappa shape index (κ3) is 3.35. The minimum absolute atomic E-state index is 0.196. The van der Waals surface area contributed by atoms with E-state index >= 15 is 0 Å². The lowest BCUT2D eigenvalue weighted by molar-refractivity contribution is 0.573. The predicted octanol–water partition coefficient (Wildman–Crippen LogP) is 4.91. The Morgan fingerprint density at radius 1 is 0.833 bits per heavy atom. The highest BCUT2D eigenvalue weighted by molar-refractivity contribution is 7.27. The Balaban J connectivity index is 3.59. The van der Waals surface area contributed by atoms with Crippen LogP contribution in [0.4, 0.5) is 0 Å². The first-order valence-corrected chi connectivity index (χ1v) is 7.46. The Morgan fingerprint density at radius 3 is 1.39 bits per heavy atom. The van der Waals surface area contributed by atoms with Crippen molar-refractivity contribution < 1.29 is 0 Å². The van der Waals surface area contributed by atoms with Crippen molar-refractivity contribution in [2.45, 2.75) is 72.1 Å². The van der Waals surface area contributed by atoms with Gasteiger partial charge in [0.1, 0.15) is 0 Å². The standard InChI is InChI=1S/C17H29P/c1-11(2)12-9-13(16(3,4)5)15(18)14(10-12)17(6,7)8/h9-11H,18H2,1-8H3. The molecule has 102 valence electrons. The van der Waals surface area contributed by atoms with E-state index < -0.39 is 0 Å². The Labute approximate surface area is 116 Å². The molecule has 0 bridgehead atoms. The molecule has 1 unspecified atom stereocenters. The zero-order chi connectivity index (χ0) is 14.3. The first-order valence-electron chi connectivity index (χ1n) is 6.89. The summed E-state index contributed by atoms with van der Waals surface area (Å²) < 4.78 is 0. The van der Waals surface area contributed by atoms with E-state index in [-0.39, 0.29) is 10.8 Å². The van der Waals surface area contributed by atoms with Gasteiger partial charge in [-0.05, 0) is 38.7 Å². The van der Waals surface area contributed by atoms with Gasteiger partial charge in [-0.2, -0.15) is 0 Å². The molecule has 0 heterocycles. The SMILES string of the molecule is CC(C)c1cc(C(C)(C)C)c(P)c(C(C)(C)C)c1. The fraction of sp³-hybridized carbons (Fsp3) is 0.647. The molecule has 18 heavy (non-hydrogen) atoms. The van der Waals surface area contributed by atoms with Gasteiger partial charge < -0.3 is 0 Å². The summed E-state index contributed by atoms with van der Waals surface area (Å²) in [5, 5.41) is 1.39. The Hall–Kier alpha value is -0.350. The molecule has 0 nitrogen and oxygen atoms in total. The van der Waals surface area contributed by atoms with Gasteiger partial charge in [0.15, 0.2) is 0 Å². The quantitative estimate of drug-likeness (QED) is 0.632. The molecule has 0 saturated heterocycles. The molecule has 0 N–H and O–H groups in total. The van der Waals surface area contributed by atoms with Gasteiger partial charge in [0.2, 0.25) is 0 Å². The highest BCUT2D eigenvalue weighted by Gasteiger charge is 2.24. The maximum atomic E-state index is 2.97. The molecule has 0 aliphatic heterocycles. The van der Waals surface area contributed by atoms with Crippen LogP contribution in [0.3, 0.4) is 0 Å². The highest BCUT2D eigenvalue weighted by Crippen LogP contribution is 2.32. The molecule has 1 heteroatoms. The molecule has 0 fully saturated rings. The van der Waals surface area contributed by atoms with Crippen molar-refractivity contribution in [3.63, 3.8) is 0 Å². The molecular weight excluding hydrogens is 235 g/mol. The Morgan fingerprint density at radius 2 is 1.17 bits per heavy atom. The van der Waals surface area contributed by atoms with Gasteiger partial charge in [0, 0.05) is 0 Å². The van der Waals surface area contributed by atoms with Crippen LogP contribution >= 0.6 is 9.24 Å². The largest absolute Gasteiger partial charge is 0.105 e. The summed E-state index contributed by atoms with van der Waals surface area (Å²) in [6.45, 7) is 18.3. The van der Waals surface area contributed by atoms with E-state index in [0.29, 0.717) is 5.92 Å². The first-order chi connectivity index (χ1) is 7.94. The van der Waals surface area contributed by atoms with Crippen molar-refractivity contribution in [1.82, 2.24) is 0 Å². The highest BCUT2D eigenvalue weighted by atomic mass is 31.0. The normalized spacial score (nSPS) is 13.2. The van der Waals surface area contributed by atoms with Crippen molar-refractivity contribution in [2.75, 3.05) is 0 Å². The van der Waals surface area contributed by atoms with Gasteiger partial charge in [-0.1, -0.05) is 67.5 Å². The molecule has 0 radical (unpaired) electrons. The molecule has 0 saturated carbocycles. The van der Waals surface area contributed by atoms with Crippen LogP contribution in [-0.4, -0.2) is 0 Å². The number of rotatable bonds is 1. The molecule has 0 aliphatic carbocycles. The number of hydrogen-bond donors (Lipinski definition) is 0. The van der Waals surface area contributed by atoms with E-state index in [9.17, 15) is 0 Å². The minimum atomic E-state index is 0.196. The van der Waals surface area contributed by atoms with Crippen LogP contribution in [-0.2, 0) is 10.8 Å².